The molecule has 1 nitrogen and oxygen atoms in total. The van der Waals surface area contributed by atoms with E-state index in [2.05, 4.69) is 12.5 Å². The first kappa shape index (κ1) is 12.3. The molecule has 13 heavy (non-hydrogen) atoms. The first-order valence-electron chi connectivity index (χ1n) is 4.63. The van der Waals surface area contributed by atoms with Crippen molar-refractivity contribution in [3.05, 3.63) is 12.2 Å². The van der Waals surface area contributed by atoms with E-state index in [-0.39, 0.29) is 5.41 Å². The van der Waals surface area contributed by atoms with Crippen LogP contribution in [0.25, 0.3) is 0 Å². The van der Waals surface area contributed by atoms with Crippen LogP contribution >= 0.6 is 0 Å². The molecule has 0 radical (unpaired) electrons. The highest BCUT2D eigenvalue weighted by atomic mass is 16.3. The Kier molecular flexibility index (Phi) is 3.75. The standard InChI is InChI=1S/C12H20O/c1-7-9-12(13,8-2)11(5,6)10(3)4/h1,13H,3,8-9H2,2,4-6H3. The van der Waals surface area contributed by atoms with E-state index < -0.39 is 5.60 Å². The fourth-order valence-electron chi connectivity index (χ4n) is 1.35. The Morgan fingerprint density at radius 1 is 1.54 bits per heavy atom. The van der Waals surface area contributed by atoms with E-state index in [0.717, 1.165) is 5.57 Å². The maximum Gasteiger partial charge on any atom is 0.0841 e. The minimum Gasteiger partial charge on any atom is -0.388 e. The van der Waals surface area contributed by atoms with Gasteiger partial charge in [-0.2, -0.15) is 0 Å². The normalized spacial score (nSPS) is 16.0. The second kappa shape index (κ2) is 3.98. The first-order chi connectivity index (χ1) is 5.81. The molecule has 0 saturated carbocycles. The Bertz CT molecular complexity index is 232. The van der Waals surface area contributed by atoms with Crippen LogP contribution in [0.3, 0.4) is 0 Å². The summed E-state index contributed by atoms with van der Waals surface area (Å²) >= 11 is 0. The van der Waals surface area contributed by atoms with Crippen molar-refractivity contribution in [2.24, 2.45) is 5.41 Å². The van der Waals surface area contributed by atoms with Crippen molar-refractivity contribution >= 4 is 0 Å². The molecule has 1 N–H and O–H groups in total. The van der Waals surface area contributed by atoms with Crippen molar-refractivity contribution in [2.45, 2.75) is 46.1 Å². The summed E-state index contributed by atoms with van der Waals surface area (Å²) in [7, 11) is 0. The van der Waals surface area contributed by atoms with Crippen LogP contribution in [0, 0.1) is 17.8 Å². The number of rotatable bonds is 4. The van der Waals surface area contributed by atoms with Gasteiger partial charge in [-0.15, -0.1) is 12.3 Å². The lowest BCUT2D eigenvalue weighted by Gasteiger charge is -2.42. The highest BCUT2D eigenvalue weighted by Gasteiger charge is 2.41. The Balaban J connectivity index is 4.96. The van der Waals surface area contributed by atoms with Crippen molar-refractivity contribution in [2.75, 3.05) is 0 Å². The summed E-state index contributed by atoms with van der Waals surface area (Å²) in [6.45, 7) is 11.7. The molecule has 0 spiro atoms. The zero-order valence-corrected chi connectivity index (χ0v) is 9.15. The number of terminal acetylenes is 1. The molecule has 0 aromatic heterocycles. The molecule has 0 aliphatic carbocycles. The predicted octanol–water partition coefficient (Wildman–Crippen LogP) is 2.75. The molecule has 0 aliphatic rings. The maximum absolute atomic E-state index is 10.3. The summed E-state index contributed by atoms with van der Waals surface area (Å²) in [5, 5.41) is 10.3. The lowest BCUT2D eigenvalue weighted by Crippen LogP contribution is -2.44. The summed E-state index contributed by atoms with van der Waals surface area (Å²) in [6.07, 6.45) is 6.28. The van der Waals surface area contributed by atoms with Gasteiger partial charge in [-0.05, 0) is 13.3 Å². The first-order valence-corrected chi connectivity index (χ1v) is 4.63. The Morgan fingerprint density at radius 2 is 2.00 bits per heavy atom. The molecule has 1 atom stereocenters. The zero-order chi connectivity index (χ0) is 10.7. The molecular formula is C12H20O. The van der Waals surface area contributed by atoms with Gasteiger partial charge in [0.15, 0.2) is 0 Å². The van der Waals surface area contributed by atoms with E-state index in [1.54, 1.807) is 0 Å². The van der Waals surface area contributed by atoms with E-state index in [0.29, 0.717) is 12.8 Å². The van der Waals surface area contributed by atoms with Gasteiger partial charge < -0.3 is 5.11 Å². The van der Waals surface area contributed by atoms with E-state index in [4.69, 9.17) is 6.42 Å². The maximum atomic E-state index is 10.3. The third-order valence-corrected chi connectivity index (χ3v) is 3.21. The SMILES string of the molecule is C#CCC(O)(CC)C(C)(C)C(=C)C. The minimum absolute atomic E-state index is 0.325. The van der Waals surface area contributed by atoms with Gasteiger partial charge in [0.2, 0.25) is 0 Å². The van der Waals surface area contributed by atoms with Crippen LogP contribution in [-0.4, -0.2) is 10.7 Å². The summed E-state index contributed by atoms with van der Waals surface area (Å²) in [6, 6.07) is 0. The smallest absolute Gasteiger partial charge is 0.0841 e. The minimum atomic E-state index is -0.826. The van der Waals surface area contributed by atoms with Crippen molar-refractivity contribution in [3.8, 4) is 12.3 Å². The second-order valence-electron chi connectivity index (χ2n) is 4.17. The largest absolute Gasteiger partial charge is 0.388 e. The van der Waals surface area contributed by atoms with Gasteiger partial charge in [0, 0.05) is 11.8 Å². The average Bonchev–Trinajstić information content (AvgIpc) is 2.04. The number of hydrogen-bond acceptors (Lipinski definition) is 1. The Hall–Kier alpha value is -0.740. The number of aliphatic hydroxyl groups is 1. The molecule has 0 heterocycles. The Morgan fingerprint density at radius 3 is 2.23 bits per heavy atom. The quantitative estimate of drug-likeness (QED) is 0.521. The van der Waals surface area contributed by atoms with Gasteiger partial charge in [0.1, 0.15) is 0 Å². The molecule has 0 rings (SSSR count). The summed E-state index contributed by atoms with van der Waals surface area (Å²) in [5.74, 6) is 2.53. The van der Waals surface area contributed by atoms with Gasteiger partial charge in [0.25, 0.3) is 0 Å². The van der Waals surface area contributed by atoms with Crippen LogP contribution in [0.2, 0.25) is 0 Å². The summed E-state index contributed by atoms with van der Waals surface area (Å²) in [4.78, 5) is 0. The lowest BCUT2D eigenvalue weighted by atomic mass is 9.68. The zero-order valence-electron chi connectivity index (χ0n) is 9.15. The second-order valence-corrected chi connectivity index (χ2v) is 4.17. The molecule has 1 heteroatoms. The molecule has 0 aliphatic heterocycles. The predicted molar refractivity (Wildman–Crippen MR) is 57.3 cm³/mol. The molecule has 0 bridgehead atoms. The van der Waals surface area contributed by atoms with Crippen molar-refractivity contribution < 1.29 is 5.11 Å². The highest BCUT2D eigenvalue weighted by Crippen LogP contribution is 2.41. The van der Waals surface area contributed by atoms with Gasteiger partial charge in [0.05, 0.1) is 5.60 Å². The van der Waals surface area contributed by atoms with Crippen LogP contribution in [-0.2, 0) is 0 Å². The van der Waals surface area contributed by atoms with Crippen molar-refractivity contribution in [3.63, 3.8) is 0 Å². The molecule has 0 amide bonds. The van der Waals surface area contributed by atoms with E-state index in [1.807, 2.05) is 27.7 Å². The van der Waals surface area contributed by atoms with Gasteiger partial charge >= 0.3 is 0 Å². The van der Waals surface area contributed by atoms with Crippen LogP contribution in [0.1, 0.15) is 40.5 Å². The van der Waals surface area contributed by atoms with Crippen LogP contribution < -0.4 is 0 Å². The molecule has 0 saturated heterocycles. The van der Waals surface area contributed by atoms with Gasteiger partial charge in [-0.1, -0.05) is 32.9 Å². The summed E-state index contributed by atoms with van der Waals surface area (Å²) < 4.78 is 0. The fourth-order valence-corrected chi connectivity index (χ4v) is 1.35. The molecule has 0 fully saturated rings. The van der Waals surface area contributed by atoms with Crippen molar-refractivity contribution in [1.29, 1.82) is 0 Å². The lowest BCUT2D eigenvalue weighted by molar-refractivity contribution is -0.0466. The third kappa shape index (κ3) is 2.14. The molecule has 0 aromatic carbocycles. The fraction of sp³-hybridized carbons (Fsp3) is 0.667. The number of hydrogen-bond donors (Lipinski definition) is 1. The van der Waals surface area contributed by atoms with Crippen molar-refractivity contribution in [1.82, 2.24) is 0 Å². The van der Waals surface area contributed by atoms with Gasteiger partial charge in [-0.3, -0.25) is 0 Å². The Labute approximate surface area is 81.9 Å². The van der Waals surface area contributed by atoms with E-state index in [9.17, 15) is 5.11 Å². The highest BCUT2D eigenvalue weighted by molar-refractivity contribution is 5.15. The van der Waals surface area contributed by atoms with E-state index in [1.165, 1.54) is 0 Å². The van der Waals surface area contributed by atoms with E-state index >= 15 is 0 Å². The van der Waals surface area contributed by atoms with Crippen LogP contribution in [0.5, 0.6) is 0 Å². The molecular weight excluding hydrogens is 160 g/mol. The van der Waals surface area contributed by atoms with Gasteiger partial charge in [-0.25, -0.2) is 0 Å². The topological polar surface area (TPSA) is 20.2 Å². The third-order valence-electron chi connectivity index (χ3n) is 3.21. The summed E-state index contributed by atoms with van der Waals surface area (Å²) in [5.41, 5.74) is -0.186. The van der Waals surface area contributed by atoms with Crippen LogP contribution in [0.4, 0.5) is 0 Å². The average molecular weight is 180 g/mol. The van der Waals surface area contributed by atoms with Crippen LogP contribution in [0.15, 0.2) is 12.2 Å². The molecule has 1 unspecified atom stereocenters. The monoisotopic (exact) mass is 180 g/mol. The molecule has 74 valence electrons. The molecule has 0 aromatic rings.